The summed E-state index contributed by atoms with van der Waals surface area (Å²) in [6.07, 6.45) is 19.7. The normalized spacial score (nSPS) is 13.6. The Hall–Kier alpha value is -1.16. The van der Waals surface area contributed by atoms with Crippen molar-refractivity contribution in [3.8, 4) is 0 Å². The zero-order valence-corrected chi connectivity index (χ0v) is 18.6. The molecule has 0 aromatic carbocycles. The highest BCUT2D eigenvalue weighted by Gasteiger charge is 2.20. The molecule has 4 heteroatoms. The number of rotatable bonds is 18. The first-order chi connectivity index (χ1) is 13.5. The van der Waals surface area contributed by atoms with Crippen molar-refractivity contribution in [1.82, 2.24) is 0 Å². The van der Waals surface area contributed by atoms with Crippen molar-refractivity contribution in [2.75, 3.05) is 0 Å². The molecule has 4 nitrogen and oxygen atoms in total. The van der Waals surface area contributed by atoms with Gasteiger partial charge in [-0.3, -0.25) is 9.59 Å². The summed E-state index contributed by atoms with van der Waals surface area (Å²) in [6.45, 7) is 5.59. The van der Waals surface area contributed by atoms with E-state index in [2.05, 4.69) is 26.0 Å². The van der Waals surface area contributed by atoms with E-state index in [1.54, 1.807) is 0 Å². The second-order valence-corrected chi connectivity index (χ2v) is 7.95. The van der Waals surface area contributed by atoms with Gasteiger partial charge in [0.05, 0.1) is 12.0 Å². The smallest absolute Gasteiger partial charge is 0.316 e. The SMILES string of the molecule is CCCCCC[C@@H](O)C/C=C\CCCCCC[C@@H](CCCC)C(=O)OC(C)=O. The fraction of sp³-hybridized carbons (Fsp3) is 0.833. The molecule has 0 fully saturated rings. The van der Waals surface area contributed by atoms with Crippen LogP contribution in [0.2, 0.25) is 0 Å². The lowest BCUT2D eigenvalue weighted by Gasteiger charge is -2.14. The Bertz CT molecular complexity index is 417. The van der Waals surface area contributed by atoms with E-state index in [1.165, 1.54) is 26.2 Å². The highest BCUT2D eigenvalue weighted by Crippen LogP contribution is 2.19. The number of carbonyl (C=O) groups is 2. The van der Waals surface area contributed by atoms with Gasteiger partial charge < -0.3 is 9.84 Å². The quantitative estimate of drug-likeness (QED) is 0.124. The maximum atomic E-state index is 12.0. The molecule has 0 saturated heterocycles. The van der Waals surface area contributed by atoms with Gasteiger partial charge in [-0.25, -0.2) is 0 Å². The largest absolute Gasteiger partial charge is 0.393 e. The van der Waals surface area contributed by atoms with Crippen molar-refractivity contribution in [3.05, 3.63) is 12.2 Å². The van der Waals surface area contributed by atoms with Gasteiger partial charge >= 0.3 is 11.9 Å². The van der Waals surface area contributed by atoms with E-state index in [1.807, 2.05) is 0 Å². The Balaban J connectivity index is 3.76. The number of carbonyl (C=O) groups excluding carboxylic acids is 2. The summed E-state index contributed by atoms with van der Waals surface area (Å²) in [5.74, 6) is -0.996. The van der Waals surface area contributed by atoms with Gasteiger partial charge in [0.25, 0.3) is 0 Å². The Morgan fingerprint density at radius 2 is 1.43 bits per heavy atom. The molecule has 0 aliphatic carbocycles. The average Bonchev–Trinajstić information content (AvgIpc) is 2.65. The molecule has 1 N–H and O–H groups in total. The molecule has 0 aromatic rings. The van der Waals surface area contributed by atoms with E-state index in [9.17, 15) is 14.7 Å². The van der Waals surface area contributed by atoms with Crippen LogP contribution in [-0.4, -0.2) is 23.1 Å². The molecule has 0 unspecified atom stereocenters. The third kappa shape index (κ3) is 17.0. The first-order valence-electron chi connectivity index (χ1n) is 11.6. The minimum absolute atomic E-state index is 0.137. The van der Waals surface area contributed by atoms with Crippen LogP contribution in [0.3, 0.4) is 0 Å². The summed E-state index contributed by atoms with van der Waals surface area (Å²) in [4.78, 5) is 23.0. The number of hydrogen-bond acceptors (Lipinski definition) is 4. The molecule has 0 radical (unpaired) electrons. The summed E-state index contributed by atoms with van der Waals surface area (Å²) in [7, 11) is 0. The highest BCUT2D eigenvalue weighted by atomic mass is 16.6. The third-order valence-electron chi connectivity index (χ3n) is 5.12. The van der Waals surface area contributed by atoms with Gasteiger partial charge in [0.2, 0.25) is 0 Å². The van der Waals surface area contributed by atoms with Crippen LogP contribution in [-0.2, 0) is 14.3 Å². The third-order valence-corrected chi connectivity index (χ3v) is 5.12. The lowest BCUT2D eigenvalue weighted by molar-refractivity contribution is -0.161. The van der Waals surface area contributed by atoms with Crippen LogP contribution in [0.15, 0.2) is 12.2 Å². The maximum Gasteiger partial charge on any atom is 0.316 e. The Labute approximate surface area is 173 Å². The van der Waals surface area contributed by atoms with Gasteiger partial charge in [-0.15, -0.1) is 0 Å². The van der Waals surface area contributed by atoms with Crippen molar-refractivity contribution >= 4 is 11.9 Å². The lowest BCUT2D eigenvalue weighted by atomic mass is 9.95. The van der Waals surface area contributed by atoms with Crippen LogP contribution in [0.5, 0.6) is 0 Å². The zero-order valence-electron chi connectivity index (χ0n) is 18.6. The number of aliphatic hydroxyl groups excluding tert-OH is 1. The van der Waals surface area contributed by atoms with Gasteiger partial charge in [-0.1, -0.05) is 83.8 Å². The fourth-order valence-electron chi connectivity index (χ4n) is 3.36. The number of aliphatic hydroxyl groups is 1. The molecule has 164 valence electrons. The van der Waals surface area contributed by atoms with Crippen molar-refractivity contribution in [3.63, 3.8) is 0 Å². The minimum atomic E-state index is -0.510. The summed E-state index contributed by atoms with van der Waals surface area (Å²) in [5, 5.41) is 9.92. The second kappa shape index (κ2) is 19.2. The highest BCUT2D eigenvalue weighted by molar-refractivity contribution is 5.85. The predicted molar refractivity (Wildman–Crippen MR) is 116 cm³/mol. The number of hydrogen-bond donors (Lipinski definition) is 1. The summed E-state index contributed by atoms with van der Waals surface area (Å²) < 4.78 is 4.78. The molecule has 0 spiro atoms. The van der Waals surface area contributed by atoms with Crippen LogP contribution < -0.4 is 0 Å². The molecule has 0 heterocycles. The van der Waals surface area contributed by atoms with E-state index in [0.717, 1.165) is 77.0 Å². The molecule has 28 heavy (non-hydrogen) atoms. The lowest BCUT2D eigenvalue weighted by Crippen LogP contribution is -2.20. The number of allylic oxidation sites excluding steroid dienone is 1. The molecule has 0 saturated carbocycles. The van der Waals surface area contributed by atoms with E-state index in [4.69, 9.17) is 4.74 Å². The first-order valence-corrected chi connectivity index (χ1v) is 11.6. The molecular formula is C24H44O4. The molecular weight excluding hydrogens is 352 g/mol. The topological polar surface area (TPSA) is 63.6 Å². The molecule has 0 aromatic heterocycles. The summed E-state index contributed by atoms with van der Waals surface area (Å²) in [5.41, 5.74) is 0. The Morgan fingerprint density at radius 1 is 0.821 bits per heavy atom. The second-order valence-electron chi connectivity index (χ2n) is 7.95. The van der Waals surface area contributed by atoms with Gasteiger partial charge in [0, 0.05) is 6.92 Å². The number of ether oxygens (including phenoxy) is 1. The van der Waals surface area contributed by atoms with E-state index in [0.29, 0.717) is 0 Å². The van der Waals surface area contributed by atoms with Crippen LogP contribution in [0.25, 0.3) is 0 Å². The molecule has 0 rings (SSSR count). The number of esters is 2. The molecule has 0 bridgehead atoms. The fourth-order valence-corrected chi connectivity index (χ4v) is 3.36. The van der Waals surface area contributed by atoms with Crippen molar-refractivity contribution < 1.29 is 19.4 Å². The van der Waals surface area contributed by atoms with E-state index in [-0.39, 0.29) is 18.0 Å². The Kier molecular flexibility index (Phi) is 18.4. The van der Waals surface area contributed by atoms with Crippen LogP contribution in [0.4, 0.5) is 0 Å². The number of unbranched alkanes of at least 4 members (excludes halogenated alkanes) is 8. The minimum Gasteiger partial charge on any atom is -0.393 e. The molecule has 0 aliphatic rings. The monoisotopic (exact) mass is 396 g/mol. The van der Waals surface area contributed by atoms with E-state index >= 15 is 0 Å². The summed E-state index contributed by atoms with van der Waals surface area (Å²) in [6, 6.07) is 0. The van der Waals surface area contributed by atoms with E-state index < -0.39 is 5.97 Å². The summed E-state index contributed by atoms with van der Waals surface area (Å²) >= 11 is 0. The molecule has 0 aliphatic heterocycles. The predicted octanol–water partition coefficient (Wildman–Crippen LogP) is 6.50. The van der Waals surface area contributed by atoms with Gasteiger partial charge in [0.15, 0.2) is 0 Å². The van der Waals surface area contributed by atoms with Gasteiger partial charge in [-0.05, 0) is 38.5 Å². The van der Waals surface area contributed by atoms with Crippen LogP contribution >= 0.6 is 0 Å². The average molecular weight is 397 g/mol. The van der Waals surface area contributed by atoms with Crippen molar-refractivity contribution in [1.29, 1.82) is 0 Å². The first kappa shape index (κ1) is 26.8. The Morgan fingerprint density at radius 3 is 2.11 bits per heavy atom. The molecule has 0 amide bonds. The van der Waals surface area contributed by atoms with Gasteiger partial charge in [0.1, 0.15) is 0 Å². The molecule has 2 atom stereocenters. The maximum absolute atomic E-state index is 12.0. The van der Waals surface area contributed by atoms with Crippen molar-refractivity contribution in [2.45, 2.75) is 123 Å². The zero-order chi connectivity index (χ0) is 21.0. The van der Waals surface area contributed by atoms with Crippen LogP contribution in [0, 0.1) is 5.92 Å². The standard InChI is InChI=1S/C24H44O4/c1-4-6-8-15-19-23(26)20-16-13-11-9-10-12-14-18-22(17-7-5-2)24(27)28-21(3)25/h13,16,22-23,26H,4-12,14-15,17-20H2,1-3H3/b16-13-/t22-,23-/m1/s1. The van der Waals surface area contributed by atoms with Gasteiger partial charge in [-0.2, -0.15) is 0 Å². The van der Waals surface area contributed by atoms with Crippen LogP contribution in [0.1, 0.15) is 117 Å². The van der Waals surface area contributed by atoms with Crippen molar-refractivity contribution in [2.24, 2.45) is 5.92 Å².